The minimum Gasteiger partial charge on any atom is -0.493 e. The lowest BCUT2D eigenvalue weighted by Crippen LogP contribution is -2.05. The first-order valence-corrected chi connectivity index (χ1v) is 7.11. The summed E-state index contributed by atoms with van der Waals surface area (Å²) >= 11 is 0. The molecule has 0 radical (unpaired) electrons. The van der Waals surface area contributed by atoms with Gasteiger partial charge in [0.1, 0.15) is 5.75 Å². The van der Waals surface area contributed by atoms with Gasteiger partial charge in [0, 0.05) is 25.1 Å². The summed E-state index contributed by atoms with van der Waals surface area (Å²) in [5.74, 6) is 0.949. The van der Waals surface area contributed by atoms with Crippen molar-refractivity contribution in [2.24, 2.45) is 0 Å². The van der Waals surface area contributed by atoms with Crippen LogP contribution in [0, 0.1) is 0 Å². The molecule has 0 fully saturated rings. The predicted molar refractivity (Wildman–Crippen MR) is 76.9 cm³/mol. The molecule has 1 atom stereocenters. The first-order valence-electron chi connectivity index (χ1n) is 7.11. The van der Waals surface area contributed by atoms with Gasteiger partial charge in [0.25, 0.3) is 0 Å². The number of hydrogen-bond acceptors (Lipinski definition) is 3. The number of aliphatic hydroxyl groups excluding tert-OH is 1. The summed E-state index contributed by atoms with van der Waals surface area (Å²) in [4.78, 5) is 0. The van der Waals surface area contributed by atoms with Gasteiger partial charge in [0.15, 0.2) is 0 Å². The van der Waals surface area contributed by atoms with Crippen LogP contribution >= 0.6 is 0 Å². The average Bonchev–Trinajstić information content (AvgIpc) is 3.05. The summed E-state index contributed by atoms with van der Waals surface area (Å²) in [6.07, 6.45) is 2.91. The highest BCUT2D eigenvalue weighted by Crippen LogP contribution is 2.29. The Morgan fingerprint density at radius 3 is 2.95 bits per heavy atom. The number of nitrogens with zero attached hydrogens (tertiary/aromatic N) is 2. The normalized spacial score (nSPS) is 15.2. The van der Waals surface area contributed by atoms with Crippen molar-refractivity contribution >= 4 is 0 Å². The Morgan fingerprint density at radius 2 is 2.20 bits per heavy atom. The Bertz CT molecular complexity index is 604. The van der Waals surface area contributed by atoms with Crippen LogP contribution in [-0.4, -0.2) is 21.5 Å². The van der Waals surface area contributed by atoms with Gasteiger partial charge in [-0.1, -0.05) is 6.07 Å². The van der Waals surface area contributed by atoms with Crippen LogP contribution in [0.15, 0.2) is 30.5 Å². The van der Waals surface area contributed by atoms with Crippen molar-refractivity contribution in [1.82, 2.24) is 9.78 Å². The zero-order chi connectivity index (χ0) is 14.1. The summed E-state index contributed by atoms with van der Waals surface area (Å²) < 4.78 is 7.40. The largest absolute Gasteiger partial charge is 0.493 e. The van der Waals surface area contributed by atoms with E-state index in [9.17, 15) is 5.11 Å². The molecule has 0 saturated carbocycles. The van der Waals surface area contributed by atoms with Crippen molar-refractivity contribution < 1.29 is 9.84 Å². The van der Waals surface area contributed by atoms with E-state index in [1.165, 1.54) is 5.56 Å². The molecule has 4 nitrogen and oxygen atoms in total. The van der Waals surface area contributed by atoms with Crippen molar-refractivity contribution in [2.45, 2.75) is 38.8 Å². The Kier molecular flexibility index (Phi) is 3.49. The molecule has 2 aromatic rings. The quantitative estimate of drug-likeness (QED) is 0.931. The van der Waals surface area contributed by atoms with Crippen LogP contribution in [0.25, 0.3) is 0 Å². The van der Waals surface area contributed by atoms with Gasteiger partial charge in [0.2, 0.25) is 0 Å². The lowest BCUT2D eigenvalue weighted by Gasteiger charge is -2.11. The number of fused-ring (bicyclic) bond motifs is 1. The first kappa shape index (κ1) is 13.2. The van der Waals surface area contributed by atoms with Crippen LogP contribution in [0.5, 0.6) is 5.75 Å². The highest BCUT2D eigenvalue weighted by atomic mass is 16.5. The number of ether oxygens (including phenoxy) is 1. The van der Waals surface area contributed by atoms with Crippen LogP contribution in [0.2, 0.25) is 0 Å². The van der Waals surface area contributed by atoms with Crippen molar-refractivity contribution in [3.05, 3.63) is 47.3 Å². The Labute approximate surface area is 119 Å². The average molecular weight is 272 g/mol. The van der Waals surface area contributed by atoms with Gasteiger partial charge >= 0.3 is 0 Å². The van der Waals surface area contributed by atoms with Gasteiger partial charge in [-0.15, -0.1) is 0 Å². The second kappa shape index (κ2) is 5.29. The number of aliphatic hydroxyl groups is 1. The number of aromatic nitrogens is 2. The smallest absolute Gasteiger partial charge is 0.122 e. The summed E-state index contributed by atoms with van der Waals surface area (Å²) in [6, 6.07) is 8.26. The Balaban J connectivity index is 1.73. The van der Waals surface area contributed by atoms with Crippen molar-refractivity contribution in [3.63, 3.8) is 0 Å². The lowest BCUT2D eigenvalue weighted by molar-refractivity contribution is 0.176. The van der Waals surface area contributed by atoms with Gasteiger partial charge in [-0.25, -0.2) is 0 Å². The molecule has 106 valence electrons. The zero-order valence-corrected chi connectivity index (χ0v) is 11.9. The minimum absolute atomic E-state index is 0.345. The monoisotopic (exact) mass is 272 g/mol. The Morgan fingerprint density at radius 1 is 1.35 bits per heavy atom. The fourth-order valence-corrected chi connectivity index (χ4v) is 2.50. The second-order valence-corrected chi connectivity index (χ2v) is 5.57. The van der Waals surface area contributed by atoms with Crippen molar-refractivity contribution in [3.8, 4) is 5.75 Å². The summed E-state index contributed by atoms with van der Waals surface area (Å²) in [7, 11) is 0. The SMILES string of the molecule is CC(C)n1ccc(CC(O)c2ccc3c(c2)CCO3)n1. The molecule has 1 aromatic heterocycles. The molecular formula is C16H20N2O2. The molecule has 3 rings (SSSR count). The molecular weight excluding hydrogens is 252 g/mol. The minimum atomic E-state index is -0.517. The maximum absolute atomic E-state index is 10.4. The van der Waals surface area contributed by atoms with Crippen LogP contribution in [0.3, 0.4) is 0 Å². The fraction of sp³-hybridized carbons (Fsp3) is 0.438. The van der Waals surface area contributed by atoms with Gasteiger partial charge < -0.3 is 9.84 Å². The summed E-state index contributed by atoms with van der Waals surface area (Å²) in [5, 5.41) is 14.8. The highest BCUT2D eigenvalue weighted by molar-refractivity contribution is 5.40. The maximum Gasteiger partial charge on any atom is 0.122 e. The molecule has 20 heavy (non-hydrogen) atoms. The number of rotatable bonds is 4. The molecule has 1 unspecified atom stereocenters. The fourth-order valence-electron chi connectivity index (χ4n) is 2.50. The Hall–Kier alpha value is -1.81. The van der Waals surface area contributed by atoms with E-state index in [1.807, 2.05) is 35.1 Å². The van der Waals surface area contributed by atoms with Crippen LogP contribution < -0.4 is 4.74 Å². The van der Waals surface area contributed by atoms with Gasteiger partial charge in [0.05, 0.1) is 18.4 Å². The number of hydrogen-bond donors (Lipinski definition) is 1. The lowest BCUT2D eigenvalue weighted by atomic mass is 10.0. The van der Waals surface area contributed by atoms with E-state index in [2.05, 4.69) is 18.9 Å². The van der Waals surface area contributed by atoms with Crippen LogP contribution in [0.4, 0.5) is 0 Å². The zero-order valence-electron chi connectivity index (χ0n) is 11.9. The van der Waals surface area contributed by atoms with Crippen molar-refractivity contribution in [2.75, 3.05) is 6.61 Å². The highest BCUT2D eigenvalue weighted by Gasteiger charge is 2.16. The molecule has 0 amide bonds. The van der Waals surface area contributed by atoms with E-state index in [-0.39, 0.29) is 0 Å². The molecule has 2 heterocycles. The standard InChI is InChI=1S/C16H20N2O2/c1-11(2)18-7-5-14(17-18)10-15(19)12-3-4-16-13(9-12)6-8-20-16/h3-5,7,9,11,15,19H,6,8,10H2,1-2H3. The molecule has 1 aromatic carbocycles. The summed E-state index contributed by atoms with van der Waals surface area (Å²) in [6.45, 7) is 4.93. The molecule has 1 N–H and O–H groups in total. The van der Waals surface area contributed by atoms with E-state index in [0.717, 1.165) is 30.0 Å². The first-order chi connectivity index (χ1) is 9.63. The third-order valence-corrected chi connectivity index (χ3v) is 3.69. The van der Waals surface area contributed by atoms with E-state index < -0.39 is 6.10 Å². The topological polar surface area (TPSA) is 47.3 Å². The third-order valence-electron chi connectivity index (χ3n) is 3.69. The van der Waals surface area contributed by atoms with Crippen LogP contribution in [-0.2, 0) is 12.8 Å². The third kappa shape index (κ3) is 2.56. The molecule has 4 heteroatoms. The molecule has 0 aliphatic carbocycles. The maximum atomic E-state index is 10.4. The number of benzene rings is 1. The second-order valence-electron chi connectivity index (χ2n) is 5.57. The predicted octanol–water partition coefficient (Wildman–Crippen LogP) is 2.68. The molecule has 1 aliphatic rings. The van der Waals surface area contributed by atoms with E-state index in [1.54, 1.807) is 0 Å². The molecule has 1 aliphatic heterocycles. The van der Waals surface area contributed by atoms with Gasteiger partial charge in [-0.2, -0.15) is 5.10 Å². The van der Waals surface area contributed by atoms with Gasteiger partial charge in [-0.3, -0.25) is 4.68 Å². The van der Waals surface area contributed by atoms with Crippen molar-refractivity contribution in [1.29, 1.82) is 0 Å². The van der Waals surface area contributed by atoms with Gasteiger partial charge in [-0.05, 0) is 43.2 Å². The molecule has 0 saturated heterocycles. The summed E-state index contributed by atoms with van der Waals surface area (Å²) in [5.41, 5.74) is 3.05. The molecule has 0 spiro atoms. The molecule has 0 bridgehead atoms. The van der Waals surface area contributed by atoms with E-state index in [4.69, 9.17) is 4.74 Å². The van der Waals surface area contributed by atoms with Crippen LogP contribution in [0.1, 0.15) is 42.8 Å². The van der Waals surface area contributed by atoms with E-state index in [0.29, 0.717) is 12.5 Å². The van der Waals surface area contributed by atoms with E-state index >= 15 is 0 Å².